The zero-order valence-electron chi connectivity index (χ0n) is 26.6. The van der Waals surface area contributed by atoms with Gasteiger partial charge in [0, 0.05) is 14.5 Å². The van der Waals surface area contributed by atoms with Gasteiger partial charge in [0.25, 0.3) is 0 Å². The number of carbonyl (C=O) groups is 4. The molecule has 2 aliphatic carbocycles. The fourth-order valence-corrected chi connectivity index (χ4v) is 9.88. The maximum Gasteiger partial charge on any atom is 0.246 e. The number of phenolic OH excluding ortho intramolecular Hbond substituents is 1. The number of halogens is 3. The van der Waals surface area contributed by atoms with E-state index in [1.165, 1.54) is 16.9 Å². The largest absolute Gasteiger partial charge is 0.503 e. The van der Waals surface area contributed by atoms with E-state index in [0.717, 1.165) is 9.14 Å². The van der Waals surface area contributed by atoms with Crippen LogP contribution in [0.2, 0.25) is 5.02 Å². The van der Waals surface area contributed by atoms with Gasteiger partial charge in [0.05, 0.1) is 46.1 Å². The molecule has 50 heavy (non-hydrogen) atoms. The van der Waals surface area contributed by atoms with Crippen LogP contribution >= 0.6 is 50.1 Å². The van der Waals surface area contributed by atoms with Crippen molar-refractivity contribution in [3.8, 4) is 11.5 Å². The summed E-state index contributed by atoms with van der Waals surface area (Å²) < 4.78 is 6.91. The molecule has 6 atom stereocenters. The van der Waals surface area contributed by atoms with Crippen LogP contribution in [0.1, 0.15) is 29.9 Å². The molecule has 1 N–H and O–H groups in total. The summed E-state index contributed by atoms with van der Waals surface area (Å²) in [6, 6.07) is 26.7. The number of amides is 4. The number of hydrogen-bond donors (Lipinski definition) is 1. The molecule has 1 saturated carbocycles. The molecule has 4 aliphatic rings. The van der Waals surface area contributed by atoms with Gasteiger partial charge in [0.15, 0.2) is 11.5 Å². The molecule has 252 valence electrons. The average Bonchev–Trinajstić information content (AvgIpc) is 3.50. The van der Waals surface area contributed by atoms with E-state index in [1.54, 1.807) is 48.5 Å². The highest BCUT2D eigenvalue weighted by molar-refractivity contribution is 14.1. The molecule has 4 amide bonds. The van der Waals surface area contributed by atoms with Gasteiger partial charge in [-0.15, -0.1) is 0 Å². The van der Waals surface area contributed by atoms with E-state index in [4.69, 9.17) is 16.3 Å². The fourth-order valence-electron chi connectivity index (χ4n) is 8.88. The first-order valence-electron chi connectivity index (χ1n) is 16.2. The Morgan fingerprint density at radius 2 is 1.60 bits per heavy atom. The molecule has 4 aromatic carbocycles. The Morgan fingerprint density at radius 3 is 2.30 bits per heavy atom. The molecule has 0 aromatic heterocycles. The number of rotatable bonds is 5. The minimum absolute atomic E-state index is 0.106. The molecule has 4 aromatic rings. The molecule has 3 fully saturated rings. The van der Waals surface area contributed by atoms with Crippen molar-refractivity contribution in [3.63, 3.8) is 0 Å². The molecule has 2 saturated heterocycles. The lowest BCUT2D eigenvalue weighted by Crippen LogP contribution is -2.53. The van der Waals surface area contributed by atoms with Gasteiger partial charge in [-0.05, 0) is 123 Å². The number of hydrogen-bond acceptors (Lipinski definition) is 6. The fraction of sp³-hybridized carbons (Fsp3) is 0.231. The SMILES string of the molecule is COc1cc(C2C3=CCC4C(=O)N(c5ccc(I)cc5)C(=O)C4C3CC3C(=O)N(c4cccc(Cl)c4)C(=O)C32c2ccccc2)cc(Br)c1O. The van der Waals surface area contributed by atoms with Crippen LogP contribution in [0.25, 0.3) is 0 Å². The third-order valence-corrected chi connectivity index (χ3v) is 12.4. The van der Waals surface area contributed by atoms with Gasteiger partial charge in [-0.1, -0.05) is 59.6 Å². The highest BCUT2D eigenvalue weighted by atomic mass is 127. The number of imide groups is 2. The maximum atomic E-state index is 15.4. The molecule has 8 nitrogen and oxygen atoms in total. The lowest BCUT2D eigenvalue weighted by molar-refractivity contribution is -0.127. The van der Waals surface area contributed by atoms with Crippen molar-refractivity contribution in [2.45, 2.75) is 24.2 Å². The van der Waals surface area contributed by atoms with E-state index >= 15 is 4.79 Å². The molecule has 2 aliphatic heterocycles. The summed E-state index contributed by atoms with van der Waals surface area (Å²) in [5.74, 6) is -4.86. The van der Waals surface area contributed by atoms with Gasteiger partial charge in [0.2, 0.25) is 23.6 Å². The number of anilines is 2. The second kappa shape index (κ2) is 12.3. The first-order chi connectivity index (χ1) is 24.1. The monoisotopic (exact) mass is 862 g/mol. The van der Waals surface area contributed by atoms with E-state index in [0.29, 0.717) is 38.4 Å². The third kappa shape index (κ3) is 4.74. The van der Waals surface area contributed by atoms with Crippen molar-refractivity contribution >= 4 is 85.1 Å². The van der Waals surface area contributed by atoms with Crippen LogP contribution in [0.3, 0.4) is 0 Å². The van der Waals surface area contributed by atoms with Gasteiger partial charge in [-0.25, -0.2) is 4.90 Å². The number of nitrogens with zero attached hydrogens (tertiary/aromatic N) is 2. The highest BCUT2D eigenvalue weighted by Crippen LogP contribution is 2.65. The van der Waals surface area contributed by atoms with Crippen LogP contribution in [0.4, 0.5) is 11.4 Å². The Bertz CT molecular complexity index is 2140. The molecule has 0 bridgehead atoms. The van der Waals surface area contributed by atoms with Gasteiger partial charge in [-0.2, -0.15) is 0 Å². The van der Waals surface area contributed by atoms with Gasteiger partial charge in [0.1, 0.15) is 0 Å². The number of benzene rings is 4. The van der Waals surface area contributed by atoms with Gasteiger partial charge in [-0.3, -0.25) is 24.1 Å². The molecule has 8 rings (SSSR count). The number of carbonyl (C=O) groups excluding carboxylic acids is 4. The number of methoxy groups -OCH3 is 1. The molecular weight excluding hydrogens is 835 g/mol. The van der Waals surface area contributed by atoms with Gasteiger partial charge < -0.3 is 9.84 Å². The smallest absolute Gasteiger partial charge is 0.246 e. The summed E-state index contributed by atoms with van der Waals surface area (Å²) >= 11 is 12.1. The van der Waals surface area contributed by atoms with Crippen molar-refractivity contribution in [3.05, 3.63) is 127 Å². The predicted molar refractivity (Wildman–Crippen MR) is 200 cm³/mol. The zero-order valence-corrected chi connectivity index (χ0v) is 31.1. The van der Waals surface area contributed by atoms with E-state index < -0.39 is 46.8 Å². The van der Waals surface area contributed by atoms with E-state index in [1.807, 2.05) is 48.5 Å². The molecule has 11 heteroatoms. The van der Waals surface area contributed by atoms with Crippen molar-refractivity contribution in [2.24, 2.45) is 23.7 Å². The van der Waals surface area contributed by atoms with Crippen molar-refractivity contribution in [2.75, 3.05) is 16.9 Å². The number of ether oxygens (including phenoxy) is 1. The summed E-state index contributed by atoms with van der Waals surface area (Å²) in [5, 5.41) is 11.2. The Hall–Kier alpha value is -4.00. The molecule has 6 unspecified atom stereocenters. The summed E-state index contributed by atoms with van der Waals surface area (Å²) in [6.07, 6.45) is 2.48. The molecular formula is C39H29BrClIN2O6. The van der Waals surface area contributed by atoms with Crippen molar-refractivity contribution in [1.29, 1.82) is 0 Å². The summed E-state index contributed by atoms with van der Waals surface area (Å²) in [4.78, 5) is 61.3. The Kier molecular flexibility index (Phi) is 8.19. The van der Waals surface area contributed by atoms with Crippen LogP contribution in [0.5, 0.6) is 11.5 Å². The topological polar surface area (TPSA) is 104 Å². The van der Waals surface area contributed by atoms with E-state index in [-0.39, 0.29) is 29.7 Å². The first kappa shape index (κ1) is 33.2. The Labute approximate surface area is 315 Å². The maximum absolute atomic E-state index is 15.4. The quantitative estimate of drug-likeness (QED) is 0.125. The summed E-state index contributed by atoms with van der Waals surface area (Å²) in [5.41, 5.74) is 1.50. The van der Waals surface area contributed by atoms with Crippen LogP contribution in [0.15, 0.2) is 107 Å². The number of phenols is 1. The standard InChI is InChI=1S/C39H29BrClIN2O6/c1-50-31-17-20(16-30(40)34(31)45)33-26-14-15-27-32(37(48)43(35(27)46)24-12-10-23(42)11-13-24)28(26)19-29-36(47)44(25-9-5-8-22(41)18-25)38(49)39(29,33)21-6-3-2-4-7-21/h2-14,16-18,27-29,32-33,45H,15,19H2,1H3. The lowest BCUT2D eigenvalue weighted by Gasteiger charge is -2.50. The second-order valence-electron chi connectivity index (χ2n) is 13.1. The summed E-state index contributed by atoms with van der Waals surface area (Å²) in [6.45, 7) is 0. The molecule has 0 radical (unpaired) electrons. The predicted octanol–water partition coefficient (Wildman–Crippen LogP) is 7.79. The van der Waals surface area contributed by atoms with Gasteiger partial charge >= 0.3 is 0 Å². The molecule has 2 heterocycles. The summed E-state index contributed by atoms with van der Waals surface area (Å²) in [7, 11) is 1.45. The lowest BCUT2D eigenvalue weighted by atomic mass is 9.49. The van der Waals surface area contributed by atoms with Crippen LogP contribution in [0, 0.1) is 27.2 Å². The van der Waals surface area contributed by atoms with E-state index in [2.05, 4.69) is 38.5 Å². The molecule has 0 spiro atoms. The minimum atomic E-state index is -1.45. The number of allylic oxidation sites excluding steroid dienone is 2. The number of fused-ring (bicyclic) bond motifs is 4. The zero-order chi connectivity index (χ0) is 35.1. The normalized spacial score (nSPS) is 27.2. The Morgan fingerprint density at radius 1 is 0.860 bits per heavy atom. The van der Waals surface area contributed by atoms with Crippen molar-refractivity contribution in [1.82, 2.24) is 0 Å². The highest BCUT2D eigenvalue weighted by Gasteiger charge is 2.70. The minimum Gasteiger partial charge on any atom is -0.503 e. The van der Waals surface area contributed by atoms with Crippen molar-refractivity contribution < 1.29 is 29.0 Å². The van der Waals surface area contributed by atoms with Crippen LogP contribution in [-0.2, 0) is 24.6 Å². The Balaban J connectivity index is 1.37. The van der Waals surface area contributed by atoms with Crippen LogP contribution in [-0.4, -0.2) is 35.8 Å². The third-order valence-electron chi connectivity index (χ3n) is 10.9. The average molecular weight is 864 g/mol. The first-order valence-corrected chi connectivity index (χ1v) is 18.4. The van der Waals surface area contributed by atoms with E-state index in [9.17, 15) is 19.5 Å². The second-order valence-corrected chi connectivity index (χ2v) is 15.7. The number of aromatic hydroxyl groups is 1. The van der Waals surface area contributed by atoms with Crippen LogP contribution < -0.4 is 14.5 Å².